The molecule has 0 bridgehead atoms. The van der Waals surface area contributed by atoms with E-state index in [-0.39, 0.29) is 10.8 Å². The smallest absolute Gasteiger partial charge is 0.242 e. The van der Waals surface area contributed by atoms with Crippen LogP contribution in [0.2, 0.25) is 4.34 Å². The highest BCUT2D eigenvalue weighted by molar-refractivity contribution is 7.89. The number of hydrogen-bond acceptors (Lipinski definition) is 5. The molecule has 1 N–H and O–H groups in total. The van der Waals surface area contributed by atoms with E-state index in [1.54, 1.807) is 10.1 Å². The standard InChI is InChI=1S/C20H25ClN4O2S2/c1-4-16(5-2)19(24-29(26,27)17-10-18(21)28-12-17)20-22-13-23-25(20)11-15-8-6-14(3)7-9-15/h6-10,12-13,16,19,24H,4-5,11H2,1-3H3. The molecule has 156 valence electrons. The number of benzene rings is 1. The zero-order valence-electron chi connectivity index (χ0n) is 16.7. The molecule has 0 aliphatic rings. The first-order valence-electron chi connectivity index (χ1n) is 9.53. The minimum atomic E-state index is -3.73. The number of nitrogens with zero attached hydrogens (tertiary/aromatic N) is 3. The zero-order valence-corrected chi connectivity index (χ0v) is 19.1. The molecular formula is C20H25ClN4O2S2. The molecule has 0 aliphatic carbocycles. The van der Waals surface area contributed by atoms with Gasteiger partial charge < -0.3 is 0 Å². The van der Waals surface area contributed by atoms with Gasteiger partial charge in [-0.3, -0.25) is 0 Å². The number of rotatable bonds is 9. The molecule has 2 heterocycles. The van der Waals surface area contributed by atoms with E-state index in [2.05, 4.69) is 28.7 Å². The maximum absolute atomic E-state index is 13.0. The van der Waals surface area contributed by atoms with Gasteiger partial charge >= 0.3 is 0 Å². The van der Waals surface area contributed by atoms with Gasteiger partial charge in [0.15, 0.2) is 0 Å². The molecule has 6 nitrogen and oxygen atoms in total. The van der Waals surface area contributed by atoms with Crippen LogP contribution in [0.4, 0.5) is 0 Å². The van der Waals surface area contributed by atoms with Crippen molar-refractivity contribution in [3.05, 3.63) is 63.3 Å². The topological polar surface area (TPSA) is 76.9 Å². The molecular weight excluding hydrogens is 428 g/mol. The van der Waals surface area contributed by atoms with Crippen molar-refractivity contribution >= 4 is 33.0 Å². The van der Waals surface area contributed by atoms with Crippen LogP contribution in [0.5, 0.6) is 0 Å². The molecule has 1 unspecified atom stereocenters. The van der Waals surface area contributed by atoms with E-state index >= 15 is 0 Å². The summed E-state index contributed by atoms with van der Waals surface area (Å²) in [4.78, 5) is 4.61. The normalized spacial score (nSPS) is 13.1. The fraction of sp³-hybridized carbons (Fsp3) is 0.400. The van der Waals surface area contributed by atoms with Gasteiger partial charge in [0.25, 0.3) is 0 Å². The van der Waals surface area contributed by atoms with Gasteiger partial charge in [0.2, 0.25) is 10.0 Å². The summed E-state index contributed by atoms with van der Waals surface area (Å²) in [6, 6.07) is 9.17. The Morgan fingerprint density at radius 1 is 1.21 bits per heavy atom. The van der Waals surface area contributed by atoms with Gasteiger partial charge in [0, 0.05) is 5.38 Å². The lowest BCUT2D eigenvalue weighted by Crippen LogP contribution is -2.35. The molecule has 0 radical (unpaired) electrons. The third-order valence-corrected chi connectivity index (χ3v) is 7.69. The highest BCUT2D eigenvalue weighted by atomic mass is 35.5. The maximum Gasteiger partial charge on any atom is 0.242 e. The Balaban J connectivity index is 1.94. The molecule has 9 heteroatoms. The predicted molar refractivity (Wildman–Crippen MR) is 117 cm³/mol. The van der Waals surface area contributed by atoms with Gasteiger partial charge in [0.1, 0.15) is 12.2 Å². The minimum absolute atomic E-state index is 0.0832. The first-order valence-corrected chi connectivity index (χ1v) is 12.3. The van der Waals surface area contributed by atoms with E-state index in [0.717, 1.165) is 18.4 Å². The van der Waals surface area contributed by atoms with Crippen LogP contribution in [0.25, 0.3) is 0 Å². The molecule has 1 atom stereocenters. The van der Waals surface area contributed by atoms with Crippen molar-refractivity contribution < 1.29 is 8.42 Å². The van der Waals surface area contributed by atoms with Crippen molar-refractivity contribution in [1.29, 1.82) is 0 Å². The fourth-order valence-electron chi connectivity index (χ4n) is 3.29. The predicted octanol–water partition coefficient (Wildman–Crippen LogP) is 4.81. The molecule has 3 rings (SSSR count). The van der Waals surface area contributed by atoms with Crippen molar-refractivity contribution in [3.63, 3.8) is 0 Å². The molecule has 0 saturated carbocycles. The second kappa shape index (κ2) is 9.38. The lowest BCUT2D eigenvalue weighted by Gasteiger charge is -2.26. The summed E-state index contributed by atoms with van der Waals surface area (Å²) in [7, 11) is -3.73. The summed E-state index contributed by atoms with van der Waals surface area (Å²) in [5.41, 5.74) is 2.27. The van der Waals surface area contributed by atoms with Crippen LogP contribution in [-0.4, -0.2) is 23.2 Å². The van der Waals surface area contributed by atoms with Gasteiger partial charge in [-0.05, 0) is 24.5 Å². The molecule has 3 aromatic rings. The maximum atomic E-state index is 13.0. The van der Waals surface area contributed by atoms with E-state index in [9.17, 15) is 8.42 Å². The molecule has 0 fully saturated rings. The number of nitrogens with one attached hydrogen (secondary N) is 1. The second-order valence-corrected chi connectivity index (χ2v) is 10.3. The van der Waals surface area contributed by atoms with Crippen molar-refractivity contribution in [1.82, 2.24) is 19.5 Å². The summed E-state index contributed by atoms with van der Waals surface area (Å²) >= 11 is 7.14. The Morgan fingerprint density at radius 3 is 2.48 bits per heavy atom. The molecule has 29 heavy (non-hydrogen) atoms. The molecule has 0 spiro atoms. The highest BCUT2D eigenvalue weighted by Gasteiger charge is 2.31. The number of sulfonamides is 1. The number of aryl methyl sites for hydroxylation is 1. The molecule has 1 aromatic carbocycles. The van der Waals surface area contributed by atoms with Crippen molar-refractivity contribution in [2.45, 2.75) is 51.1 Å². The number of halogens is 1. The van der Waals surface area contributed by atoms with Crippen molar-refractivity contribution in [2.24, 2.45) is 5.92 Å². The lowest BCUT2D eigenvalue weighted by atomic mass is 9.94. The lowest BCUT2D eigenvalue weighted by molar-refractivity contribution is 0.352. The average Bonchev–Trinajstić information content (AvgIpc) is 3.33. The van der Waals surface area contributed by atoms with Crippen LogP contribution in [0.15, 0.2) is 46.9 Å². The van der Waals surface area contributed by atoms with Gasteiger partial charge in [0.05, 0.1) is 21.8 Å². The van der Waals surface area contributed by atoms with E-state index in [0.29, 0.717) is 16.7 Å². The molecule has 0 saturated heterocycles. The molecule has 0 aliphatic heterocycles. The van der Waals surface area contributed by atoms with Crippen LogP contribution >= 0.6 is 22.9 Å². The fourth-order valence-corrected chi connectivity index (χ4v) is 5.87. The average molecular weight is 453 g/mol. The Hall–Kier alpha value is -1.74. The number of aromatic nitrogens is 3. The Bertz CT molecular complexity index is 1040. The Labute approximate surface area is 181 Å². The molecule has 0 amide bonds. The SMILES string of the molecule is CCC(CC)C(NS(=O)(=O)c1csc(Cl)c1)c1ncnn1Cc1ccc(C)cc1. The van der Waals surface area contributed by atoms with Crippen molar-refractivity contribution in [3.8, 4) is 0 Å². The molecule has 2 aromatic heterocycles. The summed E-state index contributed by atoms with van der Waals surface area (Å²) in [6.45, 7) is 6.67. The van der Waals surface area contributed by atoms with E-state index in [4.69, 9.17) is 11.6 Å². The third-order valence-electron chi connectivity index (χ3n) is 5.03. The Kier molecular flexibility index (Phi) is 7.10. The first-order chi connectivity index (χ1) is 13.8. The van der Waals surface area contributed by atoms with E-state index < -0.39 is 16.1 Å². The zero-order chi connectivity index (χ0) is 21.0. The van der Waals surface area contributed by atoms with Gasteiger partial charge in [-0.1, -0.05) is 68.1 Å². The van der Waals surface area contributed by atoms with E-state index in [1.807, 2.05) is 31.2 Å². The van der Waals surface area contributed by atoms with Gasteiger partial charge in [-0.25, -0.2) is 22.8 Å². The Morgan fingerprint density at radius 2 is 1.90 bits per heavy atom. The van der Waals surface area contributed by atoms with Crippen molar-refractivity contribution in [2.75, 3.05) is 0 Å². The summed E-state index contributed by atoms with van der Waals surface area (Å²) in [5.74, 6) is 0.698. The van der Waals surface area contributed by atoms with Crippen LogP contribution in [0.3, 0.4) is 0 Å². The van der Waals surface area contributed by atoms with Gasteiger partial charge in [-0.2, -0.15) is 5.10 Å². The largest absolute Gasteiger partial charge is 0.244 e. The number of thiophene rings is 1. The monoisotopic (exact) mass is 452 g/mol. The highest BCUT2D eigenvalue weighted by Crippen LogP contribution is 2.30. The van der Waals surface area contributed by atoms with Crippen LogP contribution in [0.1, 0.15) is 49.7 Å². The second-order valence-electron chi connectivity index (χ2n) is 7.02. The third kappa shape index (κ3) is 5.25. The minimum Gasteiger partial charge on any atom is -0.244 e. The summed E-state index contributed by atoms with van der Waals surface area (Å²) in [6.07, 6.45) is 3.10. The summed E-state index contributed by atoms with van der Waals surface area (Å²) < 4.78 is 31.0. The van der Waals surface area contributed by atoms with Gasteiger partial charge in [-0.15, -0.1) is 11.3 Å². The van der Waals surface area contributed by atoms with E-state index in [1.165, 1.54) is 29.3 Å². The van der Waals surface area contributed by atoms with Crippen LogP contribution in [0, 0.1) is 12.8 Å². The quantitative estimate of drug-likeness (QED) is 0.505. The number of hydrogen-bond donors (Lipinski definition) is 1. The van der Waals surface area contributed by atoms with Crippen LogP contribution in [-0.2, 0) is 16.6 Å². The van der Waals surface area contributed by atoms with Crippen LogP contribution < -0.4 is 4.72 Å². The summed E-state index contributed by atoms with van der Waals surface area (Å²) in [5, 5.41) is 5.91. The first kappa shape index (κ1) is 22.0.